The van der Waals surface area contributed by atoms with Crippen molar-refractivity contribution in [3.05, 3.63) is 88.0 Å². The van der Waals surface area contributed by atoms with Gasteiger partial charge in [0.15, 0.2) is 28.8 Å². The van der Waals surface area contributed by atoms with E-state index in [9.17, 15) is 4.79 Å². The van der Waals surface area contributed by atoms with Crippen molar-refractivity contribution in [1.82, 2.24) is 0 Å². The second-order valence-electron chi connectivity index (χ2n) is 7.68. The Morgan fingerprint density at radius 2 is 1.42 bits per heavy atom. The maximum atomic E-state index is 12.5. The fraction of sp³-hybridized carbons (Fsp3) is 0.207. The zero-order valence-electron chi connectivity index (χ0n) is 21.0. The standard InChI is InChI=1S/C29H29ClO6/c1-32-25-17-20(8-7-11-24(31)22-9-6-10-23(30)16-22)21(18-26(25)33-2)13-12-19-14-27(34-3)29(36-5)28(15-19)35-4/h6-7,9-18H,8H2,1-5H3/b11-7-,13-12-. The van der Waals surface area contributed by atoms with Gasteiger partial charge >= 0.3 is 0 Å². The Bertz CT molecular complexity index is 1250. The first-order chi connectivity index (χ1) is 17.4. The minimum atomic E-state index is -0.118. The smallest absolute Gasteiger partial charge is 0.203 e. The number of methoxy groups -OCH3 is 5. The number of allylic oxidation sites excluding steroid dienone is 2. The van der Waals surface area contributed by atoms with Crippen molar-refractivity contribution < 1.29 is 28.5 Å². The molecule has 0 aliphatic rings. The Hall–Kier alpha value is -3.90. The van der Waals surface area contributed by atoms with E-state index in [1.165, 1.54) is 0 Å². The number of carbonyl (C=O) groups is 1. The van der Waals surface area contributed by atoms with Gasteiger partial charge in [0.1, 0.15) is 0 Å². The molecule has 0 fully saturated rings. The average molecular weight is 509 g/mol. The van der Waals surface area contributed by atoms with E-state index in [1.807, 2.05) is 42.5 Å². The van der Waals surface area contributed by atoms with Crippen molar-refractivity contribution in [3.63, 3.8) is 0 Å². The van der Waals surface area contributed by atoms with Crippen molar-refractivity contribution in [2.75, 3.05) is 35.5 Å². The average Bonchev–Trinajstić information content (AvgIpc) is 2.90. The summed E-state index contributed by atoms with van der Waals surface area (Å²) in [5, 5.41) is 0.522. The van der Waals surface area contributed by atoms with Gasteiger partial charge in [-0.1, -0.05) is 42.0 Å². The van der Waals surface area contributed by atoms with Crippen LogP contribution in [0.3, 0.4) is 0 Å². The number of rotatable bonds is 11. The Labute approximate surface area is 216 Å². The Morgan fingerprint density at radius 1 is 0.778 bits per heavy atom. The van der Waals surface area contributed by atoms with E-state index in [2.05, 4.69) is 0 Å². The molecule has 3 rings (SSSR count). The molecule has 0 unspecified atom stereocenters. The molecule has 0 aromatic heterocycles. The van der Waals surface area contributed by atoms with Gasteiger partial charge in [0.2, 0.25) is 5.75 Å². The third-order valence-electron chi connectivity index (χ3n) is 5.50. The van der Waals surface area contributed by atoms with Crippen LogP contribution in [0.15, 0.2) is 60.7 Å². The lowest BCUT2D eigenvalue weighted by Gasteiger charge is -2.14. The number of benzene rings is 3. The summed E-state index contributed by atoms with van der Waals surface area (Å²) in [7, 11) is 7.90. The van der Waals surface area contributed by atoms with E-state index in [1.54, 1.807) is 65.9 Å². The maximum Gasteiger partial charge on any atom is 0.203 e. The molecule has 0 saturated carbocycles. The normalized spacial score (nSPS) is 11.1. The molecule has 0 N–H and O–H groups in total. The Balaban J connectivity index is 1.94. The summed E-state index contributed by atoms with van der Waals surface area (Å²) >= 11 is 6.01. The first-order valence-corrected chi connectivity index (χ1v) is 11.5. The molecule has 0 radical (unpaired) electrons. The van der Waals surface area contributed by atoms with E-state index in [4.69, 9.17) is 35.3 Å². The molecular formula is C29H29ClO6. The monoisotopic (exact) mass is 508 g/mol. The first kappa shape index (κ1) is 26.7. The fourth-order valence-electron chi connectivity index (χ4n) is 3.68. The highest BCUT2D eigenvalue weighted by Gasteiger charge is 2.13. The van der Waals surface area contributed by atoms with Crippen molar-refractivity contribution >= 4 is 29.5 Å². The van der Waals surface area contributed by atoms with Crippen LogP contribution in [-0.2, 0) is 6.42 Å². The second-order valence-corrected chi connectivity index (χ2v) is 8.12. The molecule has 7 heteroatoms. The first-order valence-electron chi connectivity index (χ1n) is 11.1. The molecule has 3 aromatic rings. The lowest BCUT2D eigenvalue weighted by molar-refractivity contribution is 0.104. The quantitative estimate of drug-likeness (QED) is 0.166. The summed E-state index contributed by atoms with van der Waals surface area (Å²) in [5.74, 6) is 2.74. The predicted octanol–water partition coefficient (Wildman–Crippen LogP) is 6.54. The van der Waals surface area contributed by atoms with Gasteiger partial charge in [-0.05, 0) is 65.6 Å². The van der Waals surface area contributed by atoms with Crippen LogP contribution < -0.4 is 23.7 Å². The number of hydrogen-bond acceptors (Lipinski definition) is 6. The van der Waals surface area contributed by atoms with Gasteiger partial charge in [-0.25, -0.2) is 0 Å². The van der Waals surface area contributed by atoms with Crippen LogP contribution in [0.2, 0.25) is 5.02 Å². The molecule has 0 bridgehead atoms. The zero-order valence-corrected chi connectivity index (χ0v) is 21.7. The molecule has 0 heterocycles. The fourth-order valence-corrected chi connectivity index (χ4v) is 3.87. The molecule has 0 amide bonds. The lowest BCUT2D eigenvalue weighted by Crippen LogP contribution is -1.97. The van der Waals surface area contributed by atoms with Gasteiger partial charge in [-0.15, -0.1) is 0 Å². The summed E-state index contributed by atoms with van der Waals surface area (Å²) in [6, 6.07) is 14.4. The van der Waals surface area contributed by atoms with Crippen LogP contribution in [0, 0.1) is 0 Å². The van der Waals surface area contributed by atoms with Crippen LogP contribution in [0.4, 0.5) is 0 Å². The van der Waals surface area contributed by atoms with E-state index in [0.29, 0.717) is 45.8 Å². The topological polar surface area (TPSA) is 63.2 Å². The molecule has 0 atom stereocenters. The van der Waals surface area contributed by atoms with E-state index >= 15 is 0 Å². The molecule has 3 aromatic carbocycles. The molecular weight excluding hydrogens is 480 g/mol. The van der Waals surface area contributed by atoms with Gasteiger partial charge in [0, 0.05) is 10.6 Å². The summed E-state index contributed by atoms with van der Waals surface area (Å²) in [6.07, 6.45) is 7.78. The number of halogens is 1. The highest BCUT2D eigenvalue weighted by molar-refractivity contribution is 6.31. The SMILES string of the molecule is COc1cc(/C=C\c2cc(OC)c(OC)c(OC)c2)c(C/C=C\C(=O)c2cccc(Cl)c2)cc1OC. The molecule has 0 aliphatic carbocycles. The summed E-state index contributed by atoms with van der Waals surface area (Å²) in [5.41, 5.74) is 3.25. The predicted molar refractivity (Wildman–Crippen MR) is 143 cm³/mol. The van der Waals surface area contributed by atoms with E-state index in [0.717, 1.165) is 16.7 Å². The molecule has 6 nitrogen and oxygen atoms in total. The van der Waals surface area contributed by atoms with Crippen molar-refractivity contribution in [2.45, 2.75) is 6.42 Å². The number of carbonyl (C=O) groups excluding carboxylic acids is 1. The van der Waals surface area contributed by atoms with E-state index in [-0.39, 0.29) is 5.78 Å². The Morgan fingerprint density at radius 3 is 2.00 bits per heavy atom. The maximum absolute atomic E-state index is 12.5. The molecule has 36 heavy (non-hydrogen) atoms. The van der Waals surface area contributed by atoms with Crippen LogP contribution in [0.25, 0.3) is 12.2 Å². The van der Waals surface area contributed by atoms with E-state index < -0.39 is 0 Å². The van der Waals surface area contributed by atoms with Crippen molar-refractivity contribution in [1.29, 1.82) is 0 Å². The summed E-state index contributed by atoms with van der Waals surface area (Å²) < 4.78 is 27.3. The van der Waals surface area contributed by atoms with Gasteiger partial charge in [0.25, 0.3) is 0 Å². The lowest BCUT2D eigenvalue weighted by atomic mass is 10.0. The minimum Gasteiger partial charge on any atom is -0.493 e. The van der Waals surface area contributed by atoms with Gasteiger partial charge in [-0.2, -0.15) is 0 Å². The third kappa shape index (κ3) is 6.40. The van der Waals surface area contributed by atoms with Gasteiger partial charge < -0.3 is 23.7 Å². The molecule has 0 aliphatic heterocycles. The minimum absolute atomic E-state index is 0.118. The van der Waals surface area contributed by atoms with Crippen LogP contribution in [0.5, 0.6) is 28.7 Å². The highest BCUT2D eigenvalue weighted by Crippen LogP contribution is 2.39. The Kier molecular flexibility index (Phi) is 9.42. The summed E-state index contributed by atoms with van der Waals surface area (Å²) in [4.78, 5) is 12.5. The molecule has 188 valence electrons. The van der Waals surface area contributed by atoms with Crippen molar-refractivity contribution in [2.24, 2.45) is 0 Å². The highest BCUT2D eigenvalue weighted by atomic mass is 35.5. The van der Waals surface area contributed by atoms with Gasteiger partial charge in [-0.3, -0.25) is 4.79 Å². The van der Waals surface area contributed by atoms with Crippen LogP contribution >= 0.6 is 11.6 Å². The van der Waals surface area contributed by atoms with Crippen molar-refractivity contribution in [3.8, 4) is 28.7 Å². The number of ether oxygens (including phenoxy) is 5. The van der Waals surface area contributed by atoms with Gasteiger partial charge in [0.05, 0.1) is 35.5 Å². The van der Waals surface area contributed by atoms with Crippen LogP contribution in [-0.4, -0.2) is 41.3 Å². The molecule has 0 spiro atoms. The third-order valence-corrected chi connectivity index (χ3v) is 5.74. The summed E-state index contributed by atoms with van der Waals surface area (Å²) in [6.45, 7) is 0. The largest absolute Gasteiger partial charge is 0.493 e. The number of hydrogen-bond donors (Lipinski definition) is 0. The zero-order chi connectivity index (χ0) is 26.1. The van der Waals surface area contributed by atoms with Crippen LogP contribution in [0.1, 0.15) is 27.0 Å². The second kappa shape index (κ2) is 12.7. The number of ketones is 1. The molecule has 0 saturated heterocycles.